The second-order valence-corrected chi connectivity index (χ2v) is 9.44. The first-order valence-corrected chi connectivity index (χ1v) is 10.6. The molecule has 0 spiro atoms. The summed E-state index contributed by atoms with van der Waals surface area (Å²) < 4.78 is 27.1. The Morgan fingerprint density at radius 3 is 2.00 bits per heavy atom. The number of piperazine rings is 1. The Morgan fingerprint density at radius 1 is 0.889 bits per heavy atom. The van der Waals surface area contributed by atoms with E-state index in [0.717, 1.165) is 11.1 Å². The highest BCUT2D eigenvalue weighted by molar-refractivity contribution is 7.89. The Morgan fingerprint density at radius 2 is 1.44 bits per heavy atom. The largest absolute Gasteiger partial charge is 0.339 e. The van der Waals surface area contributed by atoms with E-state index in [9.17, 15) is 13.2 Å². The molecule has 1 heterocycles. The molecule has 1 fully saturated rings. The van der Waals surface area contributed by atoms with Gasteiger partial charge in [-0.05, 0) is 38.5 Å². The summed E-state index contributed by atoms with van der Waals surface area (Å²) in [5, 5.41) is 0. The summed E-state index contributed by atoms with van der Waals surface area (Å²) >= 11 is 0. The maximum absolute atomic E-state index is 13.0. The van der Waals surface area contributed by atoms with E-state index in [1.807, 2.05) is 51.1 Å². The second kappa shape index (κ2) is 7.44. The van der Waals surface area contributed by atoms with Crippen LogP contribution in [0.3, 0.4) is 0 Å². The normalized spacial score (nSPS) is 16.3. The van der Waals surface area contributed by atoms with E-state index >= 15 is 0 Å². The second-order valence-electron chi connectivity index (χ2n) is 7.50. The molecule has 6 heteroatoms. The summed E-state index contributed by atoms with van der Waals surface area (Å²) in [7, 11) is -3.52. The van der Waals surface area contributed by atoms with Crippen molar-refractivity contribution in [3.8, 4) is 0 Å². The molecule has 1 aliphatic heterocycles. The third-order valence-electron chi connectivity index (χ3n) is 5.21. The van der Waals surface area contributed by atoms with Crippen LogP contribution in [0.4, 0.5) is 0 Å². The highest BCUT2D eigenvalue weighted by atomic mass is 32.2. The van der Waals surface area contributed by atoms with Crippen LogP contribution in [0.15, 0.2) is 59.5 Å². The highest BCUT2D eigenvalue weighted by Gasteiger charge is 2.37. The number of nitrogens with zero attached hydrogens (tertiary/aromatic N) is 2. The lowest BCUT2D eigenvalue weighted by atomic mass is 9.83. The molecule has 2 aromatic rings. The van der Waals surface area contributed by atoms with Crippen LogP contribution < -0.4 is 0 Å². The number of carbonyl (C=O) groups excluding carboxylic acids is 1. The number of hydrogen-bond donors (Lipinski definition) is 0. The summed E-state index contributed by atoms with van der Waals surface area (Å²) in [6.07, 6.45) is 0. The minimum absolute atomic E-state index is 0.0288. The molecular weight excluding hydrogens is 360 g/mol. The predicted molar refractivity (Wildman–Crippen MR) is 106 cm³/mol. The van der Waals surface area contributed by atoms with Crippen molar-refractivity contribution < 1.29 is 13.2 Å². The molecule has 0 unspecified atom stereocenters. The van der Waals surface area contributed by atoms with Crippen LogP contribution in [0.5, 0.6) is 0 Å². The van der Waals surface area contributed by atoms with Crippen LogP contribution in [0, 0.1) is 6.92 Å². The van der Waals surface area contributed by atoms with Gasteiger partial charge < -0.3 is 4.90 Å². The van der Waals surface area contributed by atoms with Crippen LogP contribution in [-0.4, -0.2) is 49.7 Å². The molecule has 144 valence electrons. The highest BCUT2D eigenvalue weighted by Crippen LogP contribution is 2.27. The fourth-order valence-corrected chi connectivity index (χ4v) is 4.79. The molecule has 0 N–H and O–H groups in total. The topological polar surface area (TPSA) is 57.7 Å². The minimum atomic E-state index is -3.52. The summed E-state index contributed by atoms with van der Waals surface area (Å²) in [4.78, 5) is 15.1. The van der Waals surface area contributed by atoms with Gasteiger partial charge in [-0.1, -0.05) is 48.0 Å². The third-order valence-corrected chi connectivity index (χ3v) is 7.13. The van der Waals surface area contributed by atoms with E-state index in [0.29, 0.717) is 31.1 Å². The molecule has 1 amide bonds. The van der Waals surface area contributed by atoms with Gasteiger partial charge in [-0.25, -0.2) is 8.42 Å². The first-order chi connectivity index (χ1) is 12.7. The molecule has 0 aliphatic carbocycles. The van der Waals surface area contributed by atoms with Gasteiger partial charge in [0, 0.05) is 26.2 Å². The predicted octanol–water partition coefficient (Wildman–Crippen LogP) is 2.81. The molecule has 0 saturated carbocycles. The van der Waals surface area contributed by atoms with Crippen molar-refractivity contribution in [2.45, 2.75) is 31.1 Å². The fourth-order valence-electron chi connectivity index (χ4n) is 3.36. The van der Waals surface area contributed by atoms with Crippen LogP contribution in [0.25, 0.3) is 0 Å². The third kappa shape index (κ3) is 3.92. The Balaban J connectivity index is 1.70. The Bertz CT molecular complexity index is 898. The standard InChI is InChI=1S/C21H26N2O3S/c1-17-9-11-19(12-10-17)27(25,26)23-15-13-22(14-16-23)20(24)21(2,3)18-7-5-4-6-8-18/h4-12H,13-16H2,1-3H3. The van der Waals surface area contributed by atoms with E-state index in [2.05, 4.69) is 0 Å². The molecule has 0 atom stereocenters. The van der Waals surface area contributed by atoms with E-state index in [1.54, 1.807) is 29.2 Å². The molecule has 0 radical (unpaired) electrons. The molecule has 0 bridgehead atoms. The number of benzene rings is 2. The lowest BCUT2D eigenvalue weighted by Crippen LogP contribution is -2.54. The smallest absolute Gasteiger partial charge is 0.243 e. The van der Waals surface area contributed by atoms with Crippen LogP contribution >= 0.6 is 0 Å². The van der Waals surface area contributed by atoms with Gasteiger partial charge in [-0.3, -0.25) is 4.79 Å². The quantitative estimate of drug-likeness (QED) is 0.812. The average molecular weight is 387 g/mol. The average Bonchev–Trinajstić information content (AvgIpc) is 2.68. The van der Waals surface area contributed by atoms with Crippen molar-refractivity contribution in [1.29, 1.82) is 0 Å². The van der Waals surface area contributed by atoms with Crippen molar-refractivity contribution in [2.24, 2.45) is 0 Å². The lowest BCUT2D eigenvalue weighted by molar-refractivity contribution is -0.137. The SMILES string of the molecule is Cc1ccc(S(=O)(=O)N2CCN(C(=O)C(C)(C)c3ccccc3)CC2)cc1. The fraction of sp³-hybridized carbons (Fsp3) is 0.381. The zero-order valence-electron chi connectivity index (χ0n) is 16.1. The minimum Gasteiger partial charge on any atom is -0.339 e. The molecule has 3 rings (SSSR count). The molecule has 5 nitrogen and oxygen atoms in total. The van der Waals surface area contributed by atoms with Crippen molar-refractivity contribution >= 4 is 15.9 Å². The van der Waals surface area contributed by atoms with Crippen LogP contribution in [0.1, 0.15) is 25.0 Å². The number of amides is 1. The molecule has 1 saturated heterocycles. The number of hydrogen-bond acceptors (Lipinski definition) is 3. The van der Waals surface area contributed by atoms with E-state index in [4.69, 9.17) is 0 Å². The Labute approximate surface area is 161 Å². The van der Waals surface area contributed by atoms with Gasteiger partial charge in [-0.15, -0.1) is 0 Å². The summed E-state index contributed by atoms with van der Waals surface area (Å²) in [6, 6.07) is 16.6. The monoisotopic (exact) mass is 386 g/mol. The summed E-state index contributed by atoms with van der Waals surface area (Å²) in [6.45, 7) is 7.19. The number of aryl methyl sites for hydroxylation is 1. The maximum atomic E-state index is 13.0. The zero-order chi connectivity index (χ0) is 19.7. The summed E-state index contributed by atoms with van der Waals surface area (Å²) in [5.74, 6) is 0.0288. The zero-order valence-corrected chi connectivity index (χ0v) is 16.9. The van der Waals surface area contributed by atoms with Gasteiger partial charge in [0.1, 0.15) is 0 Å². The number of carbonyl (C=O) groups is 1. The maximum Gasteiger partial charge on any atom is 0.243 e. The van der Waals surface area contributed by atoms with Crippen LogP contribution in [-0.2, 0) is 20.2 Å². The van der Waals surface area contributed by atoms with Crippen molar-refractivity contribution in [3.63, 3.8) is 0 Å². The Hall–Kier alpha value is -2.18. The number of rotatable bonds is 4. The summed E-state index contributed by atoms with van der Waals surface area (Å²) in [5.41, 5.74) is 1.34. The molecule has 1 aliphatic rings. The first kappa shape index (κ1) is 19.6. The lowest BCUT2D eigenvalue weighted by Gasteiger charge is -2.38. The van der Waals surface area contributed by atoms with E-state index in [1.165, 1.54) is 4.31 Å². The van der Waals surface area contributed by atoms with Crippen LogP contribution in [0.2, 0.25) is 0 Å². The van der Waals surface area contributed by atoms with Crippen molar-refractivity contribution in [3.05, 3.63) is 65.7 Å². The van der Waals surface area contributed by atoms with Gasteiger partial charge >= 0.3 is 0 Å². The molecule has 0 aromatic heterocycles. The van der Waals surface area contributed by atoms with Gasteiger partial charge in [0.25, 0.3) is 0 Å². The van der Waals surface area contributed by atoms with Gasteiger partial charge in [0.2, 0.25) is 15.9 Å². The first-order valence-electron chi connectivity index (χ1n) is 9.14. The Kier molecular flexibility index (Phi) is 5.40. The molecule has 2 aromatic carbocycles. The number of sulfonamides is 1. The van der Waals surface area contributed by atoms with Gasteiger partial charge in [0.15, 0.2) is 0 Å². The van der Waals surface area contributed by atoms with Crippen molar-refractivity contribution in [2.75, 3.05) is 26.2 Å². The molecular formula is C21H26N2O3S. The van der Waals surface area contributed by atoms with E-state index < -0.39 is 15.4 Å². The van der Waals surface area contributed by atoms with Gasteiger partial charge in [0.05, 0.1) is 10.3 Å². The van der Waals surface area contributed by atoms with Crippen molar-refractivity contribution in [1.82, 2.24) is 9.21 Å². The van der Waals surface area contributed by atoms with E-state index in [-0.39, 0.29) is 5.91 Å². The van der Waals surface area contributed by atoms with Gasteiger partial charge in [-0.2, -0.15) is 4.31 Å². The molecule has 27 heavy (non-hydrogen) atoms.